The molecular weight excluding hydrogens is 566 g/mol. The Hall–Kier alpha value is -3.17. The first-order valence-electron chi connectivity index (χ1n) is 10.3. The van der Waals surface area contributed by atoms with Gasteiger partial charge in [0.25, 0.3) is 5.56 Å². The lowest BCUT2D eigenvalue weighted by Crippen LogP contribution is -2.20. The molecule has 7 nitrogen and oxygen atoms in total. The molecule has 174 valence electrons. The Morgan fingerprint density at radius 2 is 1.62 bits per heavy atom. The second-order valence-electron chi connectivity index (χ2n) is 7.35. The van der Waals surface area contributed by atoms with Gasteiger partial charge in [0.05, 0.1) is 31.3 Å². The fourth-order valence-corrected chi connectivity index (χ4v) is 4.00. The van der Waals surface area contributed by atoms with Crippen LogP contribution >= 0.6 is 31.9 Å². The summed E-state index contributed by atoms with van der Waals surface area (Å²) < 4.78 is 20.2. The number of nitrogens with zero attached hydrogens (tertiary/aromatic N) is 3. The van der Waals surface area contributed by atoms with E-state index in [4.69, 9.17) is 14.2 Å². The summed E-state index contributed by atoms with van der Waals surface area (Å²) in [5.74, 6) is 1.94. The van der Waals surface area contributed by atoms with Gasteiger partial charge in [-0.25, -0.2) is 4.98 Å². The van der Waals surface area contributed by atoms with Gasteiger partial charge in [0.1, 0.15) is 12.4 Å². The molecule has 0 fully saturated rings. The van der Waals surface area contributed by atoms with Crippen LogP contribution in [0.25, 0.3) is 10.9 Å². The number of methoxy groups -OCH3 is 2. The van der Waals surface area contributed by atoms with Crippen molar-refractivity contribution in [2.75, 3.05) is 14.2 Å². The molecule has 9 heteroatoms. The van der Waals surface area contributed by atoms with E-state index in [2.05, 4.69) is 41.9 Å². The van der Waals surface area contributed by atoms with Crippen LogP contribution in [0, 0.1) is 6.92 Å². The highest BCUT2D eigenvalue weighted by Crippen LogP contribution is 2.38. The molecule has 0 saturated heterocycles. The normalized spacial score (nSPS) is 11.2. The molecule has 4 rings (SSSR count). The monoisotopic (exact) mass is 585 g/mol. The summed E-state index contributed by atoms with van der Waals surface area (Å²) in [6, 6.07) is 16.8. The fraction of sp³-hybridized carbons (Fsp3) is 0.160. The van der Waals surface area contributed by atoms with Crippen molar-refractivity contribution >= 4 is 49.0 Å². The number of benzene rings is 3. The number of aromatic nitrogens is 2. The fourth-order valence-electron chi connectivity index (χ4n) is 3.37. The molecule has 3 aromatic carbocycles. The van der Waals surface area contributed by atoms with Crippen molar-refractivity contribution in [2.45, 2.75) is 13.5 Å². The minimum atomic E-state index is -0.256. The first-order valence-corrected chi connectivity index (χ1v) is 11.8. The number of hydrogen-bond donors (Lipinski definition) is 0. The molecule has 0 unspecified atom stereocenters. The number of rotatable bonds is 7. The molecule has 0 amide bonds. The van der Waals surface area contributed by atoms with Crippen molar-refractivity contribution in [2.24, 2.45) is 5.10 Å². The van der Waals surface area contributed by atoms with Gasteiger partial charge < -0.3 is 14.2 Å². The summed E-state index contributed by atoms with van der Waals surface area (Å²) >= 11 is 6.83. The molecule has 0 saturated carbocycles. The Bertz CT molecular complexity index is 1410. The number of halogens is 2. The molecule has 0 aliphatic carbocycles. The third kappa shape index (κ3) is 5.15. The zero-order valence-corrected chi connectivity index (χ0v) is 21.9. The molecule has 0 aliphatic heterocycles. The minimum absolute atomic E-state index is 0.256. The Kier molecular flexibility index (Phi) is 7.33. The molecule has 1 heterocycles. The predicted molar refractivity (Wildman–Crippen MR) is 139 cm³/mol. The molecule has 0 radical (unpaired) electrons. The van der Waals surface area contributed by atoms with Gasteiger partial charge >= 0.3 is 0 Å². The summed E-state index contributed by atoms with van der Waals surface area (Å²) in [5.41, 5.74) is 2.04. The van der Waals surface area contributed by atoms with E-state index in [1.165, 1.54) is 4.68 Å². The first kappa shape index (κ1) is 24.0. The minimum Gasteiger partial charge on any atom is -0.493 e. The van der Waals surface area contributed by atoms with E-state index >= 15 is 0 Å². The van der Waals surface area contributed by atoms with Crippen LogP contribution in [0.1, 0.15) is 17.0 Å². The highest BCUT2D eigenvalue weighted by atomic mass is 79.9. The van der Waals surface area contributed by atoms with E-state index in [1.807, 2.05) is 30.3 Å². The number of ether oxygens (including phenoxy) is 3. The van der Waals surface area contributed by atoms with Crippen LogP contribution in [0.15, 0.2) is 73.4 Å². The van der Waals surface area contributed by atoms with Gasteiger partial charge in [-0.15, -0.1) is 0 Å². The van der Waals surface area contributed by atoms with Crippen LogP contribution in [0.5, 0.6) is 17.2 Å². The maximum atomic E-state index is 13.0. The van der Waals surface area contributed by atoms with Crippen molar-refractivity contribution in [1.82, 2.24) is 9.66 Å². The second kappa shape index (κ2) is 10.4. The van der Waals surface area contributed by atoms with E-state index in [9.17, 15) is 4.79 Å². The van der Waals surface area contributed by atoms with Gasteiger partial charge in [-0.3, -0.25) is 4.79 Å². The maximum Gasteiger partial charge on any atom is 0.282 e. The molecule has 4 aromatic rings. The van der Waals surface area contributed by atoms with Crippen molar-refractivity contribution in [3.8, 4) is 17.2 Å². The molecular formula is C25H21Br2N3O4. The van der Waals surface area contributed by atoms with Crippen LogP contribution in [0.4, 0.5) is 0 Å². The van der Waals surface area contributed by atoms with Gasteiger partial charge in [0.15, 0.2) is 11.5 Å². The van der Waals surface area contributed by atoms with Gasteiger partial charge in [0, 0.05) is 14.5 Å². The van der Waals surface area contributed by atoms with Crippen LogP contribution < -0.4 is 19.8 Å². The lowest BCUT2D eigenvalue weighted by molar-refractivity contribution is 0.266. The highest BCUT2D eigenvalue weighted by molar-refractivity contribution is 9.10. The largest absolute Gasteiger partial charge is 0.493 e. The summed E-state index contributed by atoms with van der Waals surface area (Å²) in [6.45, 7) is 2.08. The smallest absolute Gasteiger partial charge is 0.282 e. The third-order valence-electron chi connectivity index (χ3n) is 5.07. The SMILES string of the molecule is COc1cc(C=Nn2c(C)nc3ccc(Br)cc3c2=O)cc(OC)c1OCc1ccc(Br)cc1. The van der Waals surface area contributed by atoms with E-state index in [0.717, 1.165) is 14.5 Å². The van der Waals surface area contributed by atoms with Gasteiger partial charge in [-0.2, -0.15) is 9.78 Å². The highest BCUT2D eigenvalue weighted by Gasteiger charge is 2.15. The van der Waals surface area contributed by atoms with Gasteiger partial charge in [-0.1, -0.05) is 44.0 Å². The van der Waals surface area contributed by atoms with E-state index < -0.39 is 0 Å². The number of hydrogen-bond acceptors (Lipinski definition) is 6. The third-order valence-corrected chi connectivity index (χ3v) is 6.09. The van der Waals surface area contributed by atoms with Crippen LogP contribution in [0.2, 0.25) is 0 Å². The van der Waals surface area contributed by atoms with Gasteiger partial charge in [-0.05, 0) is 55.0 Å². The molecule has 0 atom stereocenters. The molecule has 0 N–H and O–H groups in total. The summed E-state index contributed by atoms with van der Waals surface area (Å²) in [7, 11) is 3.11. The lowest BCUT2D eigenvalue weighted by Gasteiger charge is -2.15. The van der Waals surface area contributed by atoms with Crippen molar-refractivity contribution in [1.29, 1.82) is 0 Å². The summed E-state index contributed by atoms with van der Waals surface area (Å²) in [4.78, 5) is 17.5. The first-order chi connectivity index (χ1) is 16.4. The maximum absolute atomic E-state index is 13.0. The number of aryl methyl sites for hydroxylation is 1. The molecule has 0 bridgehead atoms. The number of fused-ring (bicyclic) bond motifs is 1. The molecule has 0 aliphatic rings. The summed E-state index contributed by atoms with van der Waals surface area (Å²) in [6.07, 6.45) is 1.56. The second-order valence-corrected chi connectivity index (χ2v) is 9.18. The van der Waals surface area contributed by atoms with Crippen LogP contribution in [0.3, 0.4) is 0 Å². The average Bonchev–Trinajstić information content (AvgIpc) is 2.84. The molecule has 34 heavy (non-hydrogen) atoms. The van der Waals surface area contributed by atoms with Gasteiger partial charge in [0.2, 0.25) is 5.75 Å². The molecule has 1 aromatic heterocycles. The quantitative estimate of drug-likeness (QED) is 0.259. The van der Waals surface area contributed by atoms with E-state index in [-0.39, 0.29) is 5.56 Å². The standard InChI is InChI=1S/C25H21Br2N3O4/c1-15-29-21-9-8-19(27)12-20(21)25(31)30(15)28-13-17-10-22(32-2)24(23(11-17)33-3)34-14-16-4-6-18(26)7-5-16/h4-13H,14H2,1-3H3. The lowest BCUT2D eigenvalue weighted by atomic mass is 10.2. The Labute approximate surface area is 213 Å². The van der Waals surface area contributed by atoms with E-state index in [0.29, 0.717) is 46.1 Å². The predicted octanol–water partition coefficient (Wildman–Crippen LogP) is 5.71. The summed E-state index contributed by atoms with van der Waals surface area (Å²) in [5, 5.41) is 4.86. The van der Waals surface area contributed by atoms with Crippen molar-refractivity contribution < 1.29 is 14.2 Å². The Morgan fingerprint density at radius 3 is 2.26 bits per heavy atom. The van der Waals surface area contributed by atoms with Crippen molar-refractivity contribution in [3.63, 3.8) is 0 Å². The Balaban J connectivity index is 1.66. The zero-order valence-electron chi connectivity index (χ0n) is 18.7. The van der Waals surface area contributed by atoms with Crippen molar-refractivity contribution in [3.05, 3.63) is 90.8 Å². The van der Waals surface area contributed by atoms with Crippen LogP contribution in [-0.4, -0.2) is 30.1 Å². The van der Waals surface area contributed by atoms with Crippen LogP contribution in [-0.2, 0) is 6.61 Å². The Morgan fingerprint density at radius 1 is 0.971 bits per heavy atom. The zero-order chi connectivity index (χ0) is 24.2. The molecule has 0 spiro atoms. The van der Waals surface area contributed by atoms with E-state index in [1.54, 1.807) is 51.6 Å². The average molecular weight is 587 g/mol. The topological polar surface area (TPSA) is 74.9 Å².